The molecule has 1 unspecified atom stereocenters. The predicted molar refractivity (Wildman–Crippen MR) is 136 cm³/mol. The summed E-state index contributed by atoms with van der Waals surface area (Å²) in [6, 6.07) is 14.6. The number of rotatable bonds is 7. The fourth-order valence-electron chi connectivity index (χ4n) is 5.84. The van der Waals surface area contributed by atoms with Crippen molar-refractivity contribution in [2.75, 3.05) is 19.6 Å². The number of aliphatic carboxylic acids is 1. The predicted octanol–water partition coefficient (Wildman–Crippen LogP) is 7.07. The molecule has 1 aliphatic heterocycles. The second-order valence-electron chi connectivity index (χ2n) is 10.4. The number of benzene rings is 2. The number of H-pyrrole nitrogens is 1. The third-order valence-electron chi connectivity index (χ3n) is 7.88. The van der Waals surface area contributed by atoms with Gasteiger partial charge in [-0.05, 0) is 66.5 Å². The summed E-state index contributed by atoms with van der Waals surface area (Å²) in [5.41, 5.74) is 3.69. The molecule has 1 saturated carbocycles. The summed E-state index contributed by atoms with van der Waals surface area (Å²) in [5, 5.41) is 16.2. The molecule has 2 fully saturated rings. The van der Waals surface area contributed by atoms with Gasteiger partial charge < -0.3 is 10.0 Å². The minimum Gasteiger partial charge on any atom is -0.481 e. The number of likely N-dealkylation sites (tertiary alicyclic amines) is 1. The van der Waals surface area contributed by atoms with Crippen molar-refractivity contribution in [3.8, 4) is 22.5 Å². The lowest BCUT2D eigenvalue weighted by molar-refractivity contribution is -0.139. The van der Waals surface area contributed by atoms with E-state index in [9.17, 15) is 18.0 Å². The van der Waals surface area contributed by atoms with E-state index < -0.39 is 17.7 Å². The van der Waals surface area contributed by atoms with Crippen LogP contribution in [0.15, 0.2) is 48.5 Å². The molecule has 3 aromatic rings. The molecule has 1 atom stereocenters. The number of nitrogens with zero attached hydrogens (tertiary/aromatic N) is 2. The van der Waals surface area contributed by atoms with Crippen LogP contribution in [-0.4, -0.2) is 45.8 Å². The molecular weight excluding hydrogens is 479 g/mol. The highest BCUT2D eigenvalue weighted by Gasteiger charge is 2.36. The molecule has 1 saturated heterocycles. The van der Waals surface area contributed by atoms with Gasteiger partial charge >= 0.3 is 12.1 Å². The highest BCUT2D eigenvalue weighted by molar-refractivity contribution is 5.69. The van der Waals surface area contributed by atoms with Gasteiger partial charge in [-0.3, -0.25) is 9.89 Å². The number of aromatic nitrogens is 2. The second kappa shape index (κ2) is 10.7. The van der Waals surface area contributed by atoms with Gasteiger partial charge in [-0.1, -0.05) is 55.7 Å². The molecule has 5 nitrogen and oxygen atoms in total. The van der Waals surface area contributed by atoms with Gasteiger partial charge in [-0.2, -0.15) is 18.3 Å². The van der Waals surface area contributed by atoms with Crippen LogP contribution in [0.3, 0.4) is 0 Å². The average Bonchev–Trinajstić information content (AvgIpc) is 3.58. The van der Waals surface area contributed by atoms with Crippen molar-refractivity contribution in [1.29, 1.82) is 0 Å². The van der Waals surface area contributed by atoms with Crippen LogP contribution < -0.4 is 0 Å². The summed E-state index contributed by atoms with van der Waals surface area (Å²) in [4.78, 5) is 13.0. The standard InChI is InChI=1S/C29H32F3N3O2/c30-29(31,32)25-16-22(10-11-24(25)20-4-2-1-3-5-20)27-17-26(33-34-27)21-8-6-19(7-9-21)23-12-14-35(18-23)15-13-28(36)37/h6-11,16-17,20,23H,1-5,12-15,18H2,(H,33,34)(H,36,37). The van der Waals surface area contributed by atoms with Crippen LogP contribution in [0.5, 0.6) is 0 Å². The second-order valence-corrected chi connectivity index (χ2v) is 10.4. The van der Waals surface area contributed by atoms with Gasteiger partial charge in [-0.25, -0.2) is 0 Å². The van der Waals surface area contributed by atoms with Crippen molar-refractivity contribution in [2.24, 2.45) is 0 Å². The largest absolute Gasteiger partial charge is 0.481 e. The van der Waals surface area contributed by atoms with E-state index in [1.807, 2.05) is 12.1 Å². The maximum Gasteiger partial charge on any atom is 0.416 e. The van der Waals surface area contributed by atoms with Crippen molar-refractivity contribution in [3.63, 3.8) is 0 Å². The maximum absolute atomic E-state index is 14.0. The maximum atomic E-state index is 14.0. The molecule has 2 aromatic carbocycles. The zero-order valence-electron chi connectivity index (χ0n) is 20.7. The summed E-state index contributed by atoms with van der Waals surface area (Å²) in [5.74, 6) is -0.443. The van der Waals surface area contributed by atoms with E-state index in [4.69, 9.17) is 5.11 Å². The van der Waals surface area contributed by atoms with Gasteiger partial charge in [0.25, 0.3) is 0 Å². The number of hydrogen-bond donors (Lipinski definition) is 2. The third kappa shape index (κ3) is 5.90. The normalized spacial score (nSPS) is 19.4. The molecule has 2 aliphatic rings. The zero-order valence-corrected chi connectivity index (χ0v) is 20.7. The van der Waals surface area contributed by atoms with Gasteiger partial charge in [-0.15, -0.1) is 0 Å². The minimum absolute atomic E-state index is 0.0307. The van der Waals surface area contributed by atoms with Crippen molar-refractivity contribution in [3.05, 3.63) is 65.2 Å². The van der Waals surface area contributed by atoms with E-state index in [-0.39, 0.29) is 12.3 Å². The minimum atomic E-state index is -4.40. The molecule has 0 radical (unpaired) electrons. The Balaban J connectivity index is 1.31. The molecule has 2 N–H and O–H groups in total. The van der Waals surface area contributed by atoms with Crippen molar-refractivity contribution in [1.82, 2.24) is 15.1 Å². The topological polar surface area (TPSA) is 69.2 Å². The summed E-state index contributed by atoms with van der Waals surface area (Å²) in [7, 11) is 0. The molecule has 0 amide bonds. The first-order valence-corrected chi connectivity index (χ1v) is 13.1. The van der Waals surface area contributed by atoms with Crippen LogP contribution >= 0.6 is 0 Å². The van der Waals surface area contributed by atoms with Gasteiger partial charge in [0, 0.05) is 18.7 Å². The highest BCUT2D eigenvalue weighted by atomic mass is 19.4. The first kappa shape index (κ1) is 25.5. The molecule has 1 aromatic heterocycles. The lowest BCUT2D eigenvalue weighted by Crippen LogP contribution is -2.23. The van der Waals surface area contributed by atoms with Crippen LogP contribution in [0.1, 0.15) is 73.5 Å². The number of halogens is 3. The summed E-state index contributed by atoms with van der Waals surface area (Å²) >= 11 is 0. The van der Waals surface area contributed by atoms with Crippen LogP contribution in [0.4, 0.5) is 13.2 Å². The molecular formula is C29H32F3N3O2. The fraction of sp³-hybridized carbons (Fsp3) is 0.448. The Hall–Kier alpha value is -3.13. The van der Waals surface area contributed by atoms with Crippen LogP contribution in [-0.2, 0) is 11.0 Å². The van der Waals surface area contributed by atoms with Crippen LogP contribution in [0, 0.1) is 0 Å². The Labute approximate surface area is 214 Å². The summed E-state index contributed by atoms with van der Waals surface area (Å²) < 4.78 is 41.9. The highest BCUT2D eigenvalue weighted by Crippen LogP contribution is 2.42. The van der Waals surface area contributed by atoms with Gasteiger partial charge in [0.05, 0.1) is 23.4 Å². The smallest absolute Gasteiger partial charge is 0.416 e. The van der Waals surface area contributed by atoms with Crippen molar-refractivity contribution >= 4 is 5.97 Å². The number of alkyl halides is 3. The van der Waals surface area contributed by atoms with Crippen molar-refractivity contribution < 1.29 is 23.1 Å². The zero-order chi connectivity index (χ0) is 26.0. The lowest BCUT2D eigenvalue weighted by Gasteiger charge is -2.25. The van der Waals surface area contributed by atoms with E-state index in [1.165, 1.54) is 11.6 Å². The Bertz CT molecular complexity index is 1230. The molecule has 37 heavy (non-hydrogen) atoms. The SMILES string of the molecule is O=C(O)CCN1CCC(c2ccc(-c3cc(-c4ccc(C5CCCCC5)c(C(F)(F)F)c4)n[nH]3)cc2)C1. The third-order valence-corrected chi connectivity index (χ3v) is 7.88. The van der Waals surface area contributed by atoms with Crippen LogP contribution in [0.2, 0.25) is 0 Å². The average molecular weight is 512 g/mol. The molecule has 196 valence electrons. The van der Waals surface area contributed by atoms with Gasteiger partial charge in [0.2, 0.25) is 0 Å². The number of carbonyl (C=O) groups is 1. The van der Waals surface area contributed by atoms with Gasteiger partial charge in [0.15, 0.2) is 0 Å². The summed E-state index contributed by atoms with van der Waals surface area (Å²) in [6.45, 7) is 2.31. The van der Waals surface area contributed by atoms with E-state index in [0.717, 1.165) is 62.9 Å². The number of aromatic amines is 1. The monoisotopic (exact) mass is 511 g/mol. The number of nitrogens with one attached hydrogen (secondary N) is 1. The quantitative estimate of drug-likeness (QED) is 0.356. The number of carboxylic acids is 1. The fourth-order valence-corrected chi connectivity index (χ4v) is 5.84. The number of carboxylic acid groups (broad SMARTS) is 1. The Kier molecular flexibility index (Phi) is 7.38. The van der Waals surface area contributed by atoms with E-state index >= 15 is 0 Å². The molecule has 0 bridgehead atoms. The van der Waals surface area contributed by atoms with Crippen LogP contribution in [0.25, 0.3) is 22.5 Å². The Morgan fingerprint density at radius 3 is 2.41 bits per heavy atom. The summed E-state index contributed by atoms with van der Waals surface area (Å²) in [6.07, 6.45) is 1.43. The Morgan fingerprint density at radius 2 is 1.70 bits per heavy atom. The van der Waals surface area contributed by atoms with Crippen molar-refractivity contribution in [2.45, 2.75) is 63.0 Å². The van der Waals surface area contributed by atoms with Gasteiger partial charge in [0.1, 0.15) is 0 Å². The molecule has 2 heterocycles. The molecule has 1 aliphatic carbocycles. The molecule has 8 heteroatoms. The first-order valence-electron chi connectivity index (χ1n) is 13.1. The first-order chi connectivity index (χ1) is 17.8. The van der Waals surface area contributed by atoms with E-state index in [0.29, 0.717) is 29.3 Å². The molecule has 0 spiro atoms. The Morgan fingerprint density at radius 1 is 0.973 bits per heavy atom. The lowest BCUT2D eigenvalue weighted by atomic mass is 9.81. The number of hydrogen-bond acceptors (Lipinski definition) is 3. The van der Waals surface area contributed by atoms with E-state index in [1.54, 1.807) is 18.2 Å². The molecule has 5 rings (SSSR count). The van der Waals surface area contributed by atoms with E-state index in [2.05, 4.69) is 27.2 Å².